The van der Waals surface area contributed by atoms with Crippen LogP contribution in [0.25, 0.3) is 0 Å². The van der Waals surface area contributed by atoms with Gasteiger partial charge in [0.05, 0.1) is 4.90 Å². The number of benzene rings is 1. The van der Waals surface area contributed by atoms with Crippen LogP contribution in [0.5, 0.6) is 0 Å². The Morgan fingerprint density at radius 2 is 1.96 bits per heavy atom. The molecule has 1 aliphatic rings. The summed E-state index contributed by atoms with van der Waals surface area (Å²) in [6, 6.07) is 4.73. The van der Waals surface area contributed by atoms with E-state index in [0.717, 1.165) is 12.1 Å². The lowest BCUT2D eigenvalue weighted by Gasteiger charge is -2.30. The first kappa shape index (κ1) is 20.2. The van der Waals surface area contributed by atoms with Crippen LogP contribution in [-0.4, -0.2) is 63.8 Å². The third-order valence-electron chi connectivity index (χ3n) is 4.45. The van der Waals surface area contributed by atoms with Crippen molar-refractivity contribution in [1.82, 2.24) is 14.5 Å². The summed E-state index contributed by atoms with van der Waals surface area (Å²) in [5.74, 6) is -0.109. The molecule has 0 atom stereocenters. The molecule has 0 unspecified atom stereocenters. The normalized spacial score (nSPS) is 17.0. The fourth-order valence-electron chi connectivity index (χ4n) is 2.83. The SMILES string of the molecule is Cc1cc(S(=O)(=O)N2CCC(C(=O)NCCN(C)C)CC2)ccc1Cl. The number of amides is 1. The van der Waals surface area contributed by atoms with Gasteiger partial charge < -0.3 is 10.2 Å². The molecule has 1 aromatic carbocycles. The van der Waals surface area contributed by atoms with E-state index in [0.29, 0.717) is 37.5 Å². The van der Waals surface area contributed by atoms with E-state index in [9.17, 15) is 13.2 Å². The van der Waals surface area contributed by atoms with Gasteiger partial charge in [0.1, 0.15) is 0 Å². The zero-order chi connectivity index (χ0) is 18.6. The topological polar surface area (TPSA) is 69.7 Å². The number of sulfonamides is 1. The minimum Gasteiger partial charge on any atom is -0.355 e. The Morgan fingerprint density at radius 3 is 2.52 bits per heavy atom. The van der Waals surface area contributed by atoms with E-state index in [1.165, 1.54) is 10.4 Å². The largest absolute Gasteiger partial charge is 0.355 e. The maximum absolute atomic E-state index is 12.8. The first-order valence-corrected chi connectivity index (χ1v) is 10.2. The Hall–Kier alpha value is -1.15. The summed E-state index contributed by atoms with van der Waals surface area (Å²) in [4.78, 5) is 14.4. The van der Waals surface area contributed by atoms with Crippen molar-refractivity contribution in [2.75, 3.05) is 40.3 Å². The van der Waals surface area contributed by atoms with Crippen molar-refractivity contribution in [2.45, 2.75) is 24.7 Å². The van der Waals surface area contributed by atoms with Crippen LogP contribution in [0.4, 0.5) is 0 Å². The van der Waals surface area contributed by atoms with E-state index in [2.05, 4.69) is 5.32 Å². The number of nitrogens with zero attached hydrogens (tertiary/aromatic N) is 2. The number of rotatable bonds is 6. The zero-order valence-corrected chi connectivity index (χ0v) is 16.5. The van der Waals surface area contributed by atoms with Gasteiger partial charge in [0.15, 0.2) is 0 Å². The van der Waals surface area contributed by atoms with Gasteiger partial charge in [0, 0.05) is 37.1 Å². The average Bonchev–Trinajstić information content (AvgIpc) is 2.57. The summed E-state index contributed by atoms with van der Waals surface area (Å²) in [5, 5.41) is 3.47. The molecule has 8 heteroatoms. The van der Waals surface area contributed by atoms with Crippen molar-refractivity contribution in [3.05, 3.63) is 28.8 Å². The molecule has 0 aliphatic carbocycles. The molecule has 0 spiro atoms. The highest BCUT2D eigenvalue weighted by Gasteiger charge is 2.32. The number of hydrogen-bond acceptors (Lipinski definition) is 4. The predicted molar refractivity (Wildman–Crippen MR) is 99.2 cm³/mol. The highest BCUT2D eigenvalue weighted by molar-refractivity contribution is 7.89. The summed E-state index contributed by atoms with van der Waals surface area (Å²) in [6.07, 6.45) is 1.08. The number of likely N-dealkylation sites (N-methyl/N-ethyl adjacent to an activating group) is 1. The van der Waals surface area contributed by atoms with Crippen LogP contribution in [0, 0.1) is 12.8 Å². The Morgan fingerprint density at radius 1 is 1.32 bits per heavy atom. The van der Waals surface area contributed by atoms with Crippen molar-refractivity contribution >= 4 is 27.5 Å². The van der Waals surface area contributed by atoms with E-state index in [4.69, 9.17) is 11.6 Å². The average molecular weight is 388 g/mol. The van der Waals surface area contributed by atoms with Crippen LogP contribution in [-0.2, 0) is 14.8 Å². The fraction of sp³-hybridized carbons (Fsp3) is 0.588. The third-order valence-corrected chi connectivity index (χ3v) is 6.77. The summed E-state index contributed by atoms with van der Waals surface area (Å²) in [6.45, 7) is 3.89. The van der Waals surface area contributed by atoms with E-state index in [1.807, 2.05) is 19.0 Å². The van der Waals surface area contributed by atoms with Crippen LogP contribution in [0.2, 0.25) is 5.02 Å². The number of aryl methyl sites for hydroxylation is 1. The van der Waals surface area contributed by atoms with Crippen LogP contribution in [0.3, 0.4) is 0 Å². The van der Waals surface area contributed by atoms with Gasteiger partial charge in [-0.2, -0.15) is 4.31 Å². The lowest BCUT2D eigenvalue weighted by molar-refractivity contribution is -0.126. The van der Waals surface area contributed by atoms with Crippen molar-refractivity contribution in [3.8, 4) is 0 Å². The molecular weight excluding hydrogens is 362 g/mol. The van der Waals surface area contributed by atoms with Crippen molar-refractivity contribution in [3.63, 3.8) is 0 Å². The highest BCUT2D eigenvalue weighted by Crippen LogP contribution is 2.26. The highest BCUT2D eigenvalue weighted by atomic mass is 35.5. The number of carbonyl (C=O) groups is 1. The number of hydrogen-bond donors (Lipinski definition) is 1. The van der Waals surface area contributed by atoms with Gasteiger partial charge >= 0.3 is 0 Å². The summed E-state index contributed by atoms with van der Waals surface area (Å²) in [7, 11) is 0.362. The lowest BCUT2D eigenvalue weighted by atomic mass is 9.97. The molecule has 1 saturated heterocycles. The Kier molecular flexibility index (Phi) is 6.85. The van der Waals surface area contributed by atoms with Gasteiger partial charge in [-0.05, 0) is 57.6 Å². The molecule has 0 aromatic heterocycles. The molecule has 1 fully saturated rings. The first-order chi connectivity index (χ1) is 11.7. The maximum Gasteiger partial charge on any atom is 0.243 e. The molecule has 0 bridgehead atoms. The number of piperidine rings is 1. The van der Waals surface area contributed by atoms with Gasteiger partial charge in [-0.1, -0.05) is 11.6 Å². The van der Waals surface area contributed by atoms with E-state index >= 15 is 0 Å². The second-order valence-corrected chi connectivity index (χ2v) is 9.03. The van der Waals surface area contributed by atoms with Crippen LogP contribution in [0.15, 0.2) is 23.1 Å². The molecule has 1 amide bonds. The van der Waals surface area contributed by atoms with Gasteiger partial charge in [-0.25, -0.2) is 8.42 Å². The molecule has 140 valence electrons. The van der Waals surface area contributed by atoms with Gasteiger partial charge in [-0.15, -0.1) is 0 Å². The summed E-state index contributed by atoms with van der Waals surface area (Å²) >= 11 is 5.98. The van der Waals surface area contributed by atoms with E-state index in [-0.39, 0.29) is 16.7 Å². The monoisotopic (exact) mass is 387 g/mol. The van der Waals surface area contributed by atoms with Gasteiger partial charge in [-0.3, -0.25) is 4.79 Å². The quantitative estimate of drug-likeness (QED) is 0.807. The Bertz CT molecular complexity index is 714. The van der Waals surface area contributed by atoms with E-state index < -0.39 is 10.0 Å². The minimum atomic E-state index is -3.54. The fourth-order valence-corrected chi connectivity index (χ4v) is 4.51. The predicted octanol–water partition coefficient (Wildman–Crippen LogP) is 1.73. The second kappa shape index (κ2) is 8.49. The summed E-state index contributed by atoms with van der Waals surface area (Å²) < 4.78 is 27.0. The minimum absolute atomic E-state index is 0.0150. The molecule has 0 saturated carbocycles. The lowest BCUT2D eigenvalue weighted by Crippen LogP contribution is -2.43. The summed E-state index contributed by atoms with van der Waals surface area (Å²) in [5.41, 5.74) is 0.734. The van der Waals surface area contributed by atoms with Crippen molar-refractivity contribution in [2.24, 2.45) is 5.92 Å². The van der Waals surface area contributed by atoms with Crippen molar-refractivity contribution < 1.29 is 13.2 Å². The van der Waals surface area contributed by atoms with Crippen LogP contribution in [0.1, 0.15) is 18.4 Å². The molecule has 0 radical (unpaired) electrons. The standard InChI is InChI=1S/C17H26ClN3O3S/c1-13-12-15(4-5-16(13)18)25(23,24)21-9-6-14(7-10-21)17(22)19-8-11-20(2)3/h4-5,12,14H,6-11H2,1-3H3,(H,19,22). The third kappa shape index (κ3) is 5.17. The van der Waals surface area contributed by atoms with Gasteiger partial charge in [0.25, 0.3) is 0 Å². The molecule has 1 aliphatic heterocycles. The van der Waals surface area contributed by atoms with E-state index in [1.54, 1.807) is 19.1 Å². The van der Waals surface area contributed by atoms with Crippen molar-refractivity contribution in [1.29, 1.82) is 0 Å². The second-order valence-electron chi connectivity index (χ2n) is 6.68. The molecule has 2 rings (SSSR count). The maximum atomic E-state index is 12.8. The van der Waals surface area contributed by atoms with Crippen LogP contribution >= 0.6 is 11.6 Å². The van der Waals surface area contributed by atoms with Gasteiger partial charge in [0.2, 0.25) is 15.9 Å². The Labute approximate surface area is 155 Å². The zero-order valence-electron chi connectivity index (χ0n) is 15.0. The first-order valence-electron chi connectivity index (χ1n) is 8.40. The smallest absolute Gasteiger partial charge is 0.243 e. The molecule has 25 heavy (non-hydrogen) atoms. The molecule has 6 nitrogen and oxygen atoms in total. The number of carbonyl (C=O) groups excluding carboxylic acids is 1. The Balaban J connectivity index is 1.94. The molecular formula is C17H26ClN3O3S. The number of halogens is 1. The molecule has 1 heterocycles. The molecule has 1 aromatic rings. The van der Waals surface area contributed by atoms with Crippen LogP contribution < -0.4 is 5.32 Å². The molecule has 1 N–H and O–H groups in total. The number of nitrogens with one attached hydrogen (secondary N) is 1.